The van der Waals surface area contributed by atoms with Crippen LogP contribution in [0.4, 0.5) is 0 Å². The fourth-order valence-electron chi connectivity index (χ4n) is 6.57. The Morgan fingerprint density at radius 1 is 0.378 bits per heavy atom. The van der Waals surface area contributed by atoms with Gasteiger partial charge in [-0.1, -0.05) is 151 Å². The lowest BCUT2D eigenvalue weighted by Gasteiger charge is -2.20. The summed E-state index contributed by atoms with van der Waals surface area (Å²) in [5.41, 5.74) is 5.33. The Labute approximate surface area is 274 Å². The molecule has 0 aliphatic heterocycles. The van der Waals surface area contributed by atoms with Crippen LogP contribution in [0.25, 0.3) is 88.0 Å². The molecule has 1 nitrogen and oxygen atoms in total. The zero-order valence-electron chi connectivity index (χ0n) is 32.9. The molecule has 0 unspecified atom stereocenters. The van der Waals surface area contributed by atoms with Crippen molar-refractivity contribution in [3.05, 3.63) is 170 Å². The molecule has 1 heterocycles. The molecular weight excluding hydrogens is 544 g/mol. The molecule has 9 rings (SSSR count). The summed E-state index contributed by atoms with van der Waals surface area (Å²) < 4.78 is 85.2. The maximum atomic E-state index is 9.34. The zero-order chi connectivity index (χ0) is 37.6. The average molecular weight is 582 g/mol. The van der Waals surface area contributed by atoms with Crippen molar-refractivity contribution in [2.24, 2.45) is 0 Å². The second-order valence-corrected chi connectivity index (χ2v) is 11.0. The first-order valence-corrected chi connectivity index (χ1v) is 14.7. The summed E-state index contributed by atoms with van der Waals surface area (Å²) in [6.45, 7) is 0. The summed E-state index contributed by atoms with van der Waals surface area (Å²) in [5.74, 6) is 0. The molecule has 0 spiro atoms. The van der Waals surface area contributed by atoms with Crippen LogP contribution in [0, 0.1) is 0 Å². The summed E-state index contributed by atoms with van der Waals surface area (Å²) in [5, 5.41) is 4.86. The Morgan fingerprint density at radius 2 is 0.933 bits per heavy atom. The van der Waals surface area contributed by atoms with Crippen LogP contribution in [0.15, 0.2) is 174 Å². The van der Waals surface area contributed by atoms with Crippen molar-refractivity contribution in [3.8, 4) is 44.5 Å². The number of furan rings is 1. The molecule has 0 N–H and O–H groups in total. The van der Waals surface area contributed by atoms with Gasteiger partial charge in [-0.25, -0.2) is 0 Å². The van der Waals surface area contributed by atoms with Gasteiger partial charge in [0.25, 0.3) is 0 Å². The normalized spacial score (nSPS) is 14.4. The smallest absolute Gasteiger partial charge is 0.143 e. The average Bonchev–Trinajstić information content (AvgIpc) is 3.58. The molecule has 0 bridgehead atoms. The van der Waals surface area contributed by atoms with Crippen molar-refractivity contribution in [3.63, 3.8) is 0 Å². The number of hydrogen-bond acceptors (Lipinski definition) is 1. The highest BCUT2D eigenvalue weighted by molar-refractivity contribution is 6.23. The quantitative estimate of drug-likeness (QED) is 0.188. The first-order chi connectivity index (χ1) is 26.1. The monoisotopic (exact) mass is 581 g/mol. The Morgan fingerprint density at radius 3 is 1.62 bits per heavy atom. The summed E-state index contributed by atoms with van der Waals surface area (Å²) in [6, 6.07) is 32.8. The Hall–Kier alpha value is -5.92. The topological polar surface area (TPSA) is 13.1 Å². The molecule has 1 heteroatoms. The van der Waals surface area contributed by atoms with Crippen LogP contribution >= 0.6 is 0 Å². The van der Waals surface area contributed by atoms with Crippen LogP contribution in [-0.4, -0.2) is 0 Å². The van der Waals surface area contributed by atoms with Gasteiger partial charge in [-0.3, -0.25) is 0 Å². The maximum Gasteiger partial charge on any atom is 0.143 e. The number of fused-ring (bicyclic) bond motifs is 5. The highest BCUT2D eigenvalue weighted by Crippen LogP contribution is 2.48. The number of rotatable bonds is 4. The lowest BCUT2D eigenvalue weighted by Crippen LogP contribution is -1.93. The fraction of sp³-hybridized carbons (Fsp3) is 0. The number of hydrogen-bond donors (Lipinski definition) is 0. The van der Waals surface area contributed by atoms with E-state index in [-0.39, 0.29) is 22.7 Å². The van der Waals surface area contributed by atoms with E-state index in [9.17, 15) is 1.37 Å². The molecule has 8 aromatic carbocycles. The minimum atomic E-state index is -0.592. The van der Waals surface area contributed by atoms with E-state index >= 15 is 0 Å². The molecule has 0 aliphatic rings. The molecule has 0 radical (unpaired) electrons. The van der Waals surface area contributed by atoms with Crippen molar-refractivity contribution in [2.75, 3.05) is 0 Å². The SMILES string of the molecule is [2H]c1c([2H])c([2H])c(-c2c([2H])c([2H])c([2H])c([2H])c2-c2c3ccccc3c(-c3cc(-c4ccccc4)c4oc5ccccc5c4c3)c3ccccc23)c([2H])c1[2H]. The molecule has 0 saturated heterocycles. The van der Waals surface area contributed by atoms with Gasteiger partial charge in [-0.2, -0.15) is 0 Å². The van der Waals surface area contributed by atoms with Crippen LogP contribution in [0.5, 0.6) is 0 Å². The number of para-hydroxylation sites is 1. The van der Waals surface area contributed by atoms with Crippen molar-refractivity contribution in [1.29, 1.82) is 0 Å². The van der Waals surface area contributed by atoms with E-state index in [0.29, 0.717) is 16.3 Å². The van der Waals surface area contributed by atoms with E-state index < -0.39 is 48.3 Å². The lowest BCUT2D eigenvalue weighted by molar-refractivity contribution is 0.670. The van der Waals surface area contributed by atoms with Gasteiger partial charge in [0.05, 0.1) is 12.3 Å². The van der Waals surface area contributed by atoms with E-state index in [1.54, 1.807) is 0 Å². The van der Waals surface area contributed by atoms with Crippen molar-refractivity contribution >= 4 is 43.5 Å². The molecule has 0 fully saturated rings. The third kappa shape index (κ3) is 4.09. The molecule has 0 atom stereocenters. The first kappa shape index (κ1) is 18.0. The molecule has 0 saturated carbocycles. The van der Waals surface area contributed by atoms with Crippen molar-refractivity contribution < 1.29 is 16.8 Å². The van der Waals surface area contributed by atoms with Crippen LogP contribution in [0.1, 0.15) is 12.3 Å². The Bertz CT molecular complexity index is 2960. The minimum Gasteiger partial charge on any atom is -0.455 e. The van der Waals surface area contributed by atoms with E-state index in [1.165, 1.54) is 0 Å². The summed E-state index contributed by atoms with van der Waals surface area (Å²) in [4.78, 5) is 0. The molecule has 1 aromatic heterocycles. The van der Waals surface area contributed by atoms with E-state index in [1.807, 2.05) is 103 Å². The Kier molecular flexibility index (Phi) is 4.15. The molecule has 0 aliphatic carbocycles. The highest BCUT2D eigenvalue weighted by atomic mass is 16.3. The predicted molar refractivity (Wildman–Crippen MR) is 190 cm³/mol. The van der Waals surface area contributed by atoms with Crippen LogP contribution in [0.2, 0.25) is 0 Å². The van der Waals surface area contributed by atoms with Gasteiger partial charge in [0.1, 0.15) is 11.2 Å². The second kappa shape index (κ2) is 10.4. The first-order valence-electron chi connectivity index (χ1n) is 19.2. The van der Waals surface area contributed by atoms with Gasteiger partial charge in [-0.15, -0.1) is 0 Å². The molecule has 0 amide bonds. The van der Waals surface area contributed by atoms with Gasteiger partial charge in [0.15, 0.2) is 0 Å². The van der Waals surface area contributed by atoms with Crippen molar-refractivity contribution in [2.45, 2.75) is 0 Å². The van der Waals surface area contributed by atoms with Gasteiger partial charge in [-0.05, 0) is 78.7 Å². The minimum absolute atomic E-state index is 0.0553. The lowest BCUT2D eigenvalue weighted by atomic mass is 9.83. The van der Waals surface area contributed by atoms with E-state index in [4.69, 9.17) is 15.4 Å². The second-order valence-electron chi connectivity index (χ2n) is 11.0. The van der Waals surface area contributed by atoms with Gasteiger partial charge < -0.3 is 4.42 Å². The third-order valence-corrected chi connectivity index (χ3v) is 8.47. The maximum absolute atomic E-state index is 9.34. The van der Waals surface area contributed by atoms with Crippen LogP contribution in [0.3, 0.4) is 0 Å². The van der Waals surface area contributed by atoms with Gasteiger partial charge >= 0.3 is 0 Å². The van der Waals surface area contributed by atoms with E-state index in [0.717, 1.165) is 55.0 Å². The van der Waals surface area contributed by atoms with Crippen LogP contribution < -0.4 is 0 Å². The number of benzene rings is 8. The van der Waals surface area contributed by atoms with Gasteiger partial charge in [0.2, 0.25) is 0 Å². The van der Waals surface area contributed by atoms with E-state index in [2.05, 4.69) is 12.1 Å². The highest BCUT2D eigenvalue weighted by Gasteiger charge is 2.21. The third-order valence-electron chi connectivity index (χ3n) is 8.47. The van der Waals surface area contributed by atoms with Gasteiger partial charge in [0, 0.05) is 16.3 Å². The molecule has 45 heavy (non-hydrogen) atoms. The molecule has 210 valence electrons. The van der Waals surface area contributed by atoms with Crippen LogP contribution in [-0.2, 0) is 0 Å². The van der Waals surface area contributed by atoms with Crippen molar-refractivity contribution in [1.82, 2.24) is 0 Å². The summed E-state index contributed by atoms with van der Waals surface area (Å²) in [7, 11) is 0. The molecular formula is C44H28O. The Balaban J connectivity index is 1.46. The standard InChI is InChI=1S/C44H28O/c1-3-15-29(16-4-1)32-19-7-8-21-34(32)43-37-24-11-9-22-35(37)42(36-23-10-12-25-38(36)43)31-27-39(30-17-5-2-6-18-30)44-40(28-31)33-20-13-14-26-41(33)45-44/h1-28H/i1D,3D,4D,7D,8D,15D,16D,19D,21D. The largest absolute Gasteiger partial charge is 0.455 e. The summed E-state index contributed by atoms with van der Waals surface area (Å²) in [6.07, 6.45) is 0. The summed E-state index contributed by atoms with van der Waals surface area (Å²) >= 11 is 0. The molecule has 9 aromatic rings. The predicted octanol–water partition coefficient (Wildman–Crippen LogP) is 12.6. The fourth-order valence-corrected chi connectivity index (χ4v) is 6.57. The zero-order valence-corrected chi connectivity index (χ0v) is 23.9.